The normalized spacial score (nSPS) is 27.6. The number of nitrogens with zero attached hydrogens (tertiary/aromatic N) is 1. The van der Waals surface area contributed by atoms with E-state index in [0.717, 1.165) is 31.8 Å². The van der Waals surface area contributed by atoms with Crippen molar-refractivity contribution in [3.63, 3.8) is 0 Å². The molecule has 2 unspecified atom stereocenters. The lowest BCUT2D eigenvalue weighted by molar-refractivity contribution is -0.135. The number of piperidine rings is 1. The number of carbonyl (C=O) groups excluding carboxylic acids is 1. The van der Waals surface area contributed by atoms with Gasteiger partial charge in [0.25, 0.3) is 0 Å². The second-order valence-electron chi connectivity index (χ2n) is 6.20. The fourth-order valence-electron chi connectivity index (χ4n) is 3.54. The lowest BCUT2D eigenvalue weighted by Crippen LogP contribution is -2.46. The van der Waals surface area contributed by atoms with Crippen molar-refractivity contribution < 1.29 is 4.79 Å². The maximum Gasteiger partial charge on any atom is 0.222 e. The third-order valence-corrected chi connectivity index (χ3v) is 4.43. The predicted octanol–water partition coefficient (Wildman–Crippen LogP) is 2.56. The Kier molecular flexibility index (Phi) is 5.04. The van der Waals surface area contributed by atoms with Gasteiger partial charge in [0.05, 0.1) is 0 Å². The molecule has 0 bridgehead atoms. The summed E-state index contributed by atoms with van der Waals surface area (Å²) in [6.45, 7) is 6.27. The summed E-state index contributed by atoms with van der Waals surface area (Å²) in [5.74, 6) is 1.22. The summed E-state index contributed by atoms with van der Waals surface area (Å²) in [6.07, 6.45) is 8.20. The molecule has 0 aromatic heterocycles. The van der Waals surface area contributed by atoms with E-state index in [1.165, 1.54) is 32.1 Å². The molecule has 1 aliphatic heterocycles. The lowest BCUT2D eigenvalue weighted by Gasteiger charge is -2.38. The number of fused-ring (bicyclic) bond motifs is 1. The van der Waals surface area contributed by atoms with Crippen molar-refractivity contribution in [2.45, 2.75) is 70.9 Å². The van der Waals surface area contributed by atoms with Crippen LogP contribution in [0, 0.1) is 5.92 Å². The maximum atomic E-state index is 12.3. The van der Waals surface area contributed by atoms with Crippen molar-refractivity contribution in [3.05, 3.63) is 0 Å². The number of amides is 1. The third kappa shape index (κ3) is 3.47. The first-order valence-electron chi connectivity index (χ1n) is 7.71. The molecule has 104 valence electrons. The Morgan fingerprint density at radius 2 is 2.06 bits per heavy atom. The van der Waals surface area contributed by atoms with E-state index < -0.39 is 0 Å². The van der Waals surface area contributed by atoms with Gasteiger partial charge in [0.2, 0.25) is 5.91 Å². The number of hydrogen-bond donors (Lipinski definition) is 1. The molecular weight excluding hydrogens is 224 g/mol. The Bertz CT molecular complexity index is 278. The monoisotopic (exact) mass is 252 g/mol. The summed E-state index contributed by atoms with van der Waals surface area (Å²) in [5.41, 5.74) is 0. The molecule has 2 aliphatic rings. The van der Waals surface area contributed by atoms with Crippen LogP contribution < -0.4 is 5.32 Å². The van der Waals surface area contributed by atoms with Crippen molar-refractivity contribution in [1.29, 1.82) is 0 Å². The highest BCUT2D eigenvalue weighted by molar-refractivity contribution is 5.76. The van der Waals surface area contributed by atoms with Crippen LogP contribution in [-0.2, 0) is 4.79 Å². The smallest absolute Gasteiger partial charge is 0.222 e. The molecule has 1 saturated heterocycles. The number of likely N-dealkylation sites (tertiary alicyclic amines) is 1. The summed E-state index contributed by atoms with van der Waals surface area (Å²) in [4.78, 5) is 14.5. The molecule has 0 spiro atoms. The van der Waals surface area contributed by atoms with Crippen LogP contribution in [0.2, 0.25) is 0 Å². The van der Waals surface area contributed by atoms with Crippen LogP contribution in [0.4, 0.5) is 0 Å². The number of hydrogen-bond acceptors (Lipinski definition) is 2. The maximum absolute atomic E-state index is 12.3. The van der Waals surface area contributed by atoms with Crippen molar-refractivity contribution in [1.82, 2.24) is 10.2 Å². The van der Waals surface area contributed by atoms with E-state index in [1.54, 1.807) is 0 Å². The molecule has 2 rings (SSSR count). The van der Waals surface area contributed by atoms with Gasteiger partial charge in [-0.25, -0.2) is 0 Å². The van der Waals surface area contributed by atoms with E-state index in [-0.39, 0.29) is 0 Å². The summed E-state index contributed by atoms with van der Waals surface area (Å²) < 4.78 is 0. The molecule has 2 atom stereocenters. The molecule has 1 heterocycles. The zero-order chi connectivity index (χ0) is 13.0. The Hall–Kier alpha value is -0.570. The standard InChI is InChI=1S/C15H28N2O/c1-12(2)16-10-4-9-15(18)17-11-5-7-13-6-3-8-14(13)17/h12-14,16H,3-11H2,1-2H3. The highest BCUT2D eigenvalue weighted by atomic mass is 16.2. The molecule has 3 heteroatoms. The number of rotatable bonds is 5. The zero-order valence-electron chi connectivity index (χ0n) is 12.0. The van der Waals surface area contributed by atoms with Crippen LogP contribution in [0.1, 0.15) is 58.8 Å². The van der Waals surface area contributed by atoms with Gasteiger partial charge in [-0.1, -0.05) is 20.3 Å². The quantitative estimate of drug-likeness (QED) is 0.763. The van der Waals surface area contributed by atoms with Gasteiger partial charge in [-0.3, -0.25) is 4.79 Å². The molecule has 2 fully saturated rings. The minimum atomic E-state index is 0.400. The van der Waals surface area contributed by atoms with E-state index in [1.807, 2.05) is 0 Å². The second-order valence-corrected chi connectivity index (χ2v) is 6.20. The Labute approximate surface area is 111 Å². The summed E-state index contributed by atoms with van der Waals surface area (Å²) in [6, 6.07) is 1.11. The zero-order valence-corrected chi connectivity index (χ0v) is 12.0. The third-order valence-electron chi connectivity index (χ3n) is 4.43. The summed E-state index contributed by atoms with van der Waals surface area (Å²) in [7, 11) is 0. The van der Waals surface area contributed by atoms with Gasteiger partial charge in [-0.2, -0.15) is 0 Å². The molecule has 1 saturated carbocycles. The molecule has 3 nitrogen and oxygen atoms in total. The van der Waals surface area contributed by atoms with Gasteiger partial charge in [0.15, 0.2) is 0 Å². The van der Waals surface area contributed by atoms with E-state index in [0.29, 0.717) is 18.0 Å². The van der Waals surface area contributed by atoms with Crippen molar-refractivity contribution >= 4 is 5.91 Å². The van der Waals surface area contributed by atoms with Gasteiger partial charge in [0.1, 0.15) is 0 Å². The number of carbonyl (C=O) groups is 1. The minimum Gasteiger partial charge on any atom is -0.339 e. The highest BCUT2D eigenvalue weighted by Crippen LogP contribution is 2.36. The van der Waals surface area contributed by atoms with Crippen LogP contribution in [0.25, 0.3) is 0 Å². The van der Waals surface area contributed by atoms with Gasteiger partial charge < -0.3 is 10.2 Å². The molecule has 0 aromatic rings. The van der Waals surface area contributed by atoms with Crippen LogP contribution >= 0.6 is 0 Å². The Balaban J connectivity index is 1.74. The first-order chi connectivity index (χ1) is 8.68. The molecule has 0 radical (unpaired) electrons. The van der Waals surface area contributed by atoms with Gasteiger partial charge >= 0.3 is 0 Å². The molecule has 0 aromatic carbocycles. The van der Waals surface area contributed by atoms with E-state index in [9.17, 15) is 4.79 Å². The van der Waals surface area contributed by atoms with E-state index >= 15 is 0 Å². The Morgan fingerprint density at radius 1 is 1.28 bits per heavy atom. The summed E-state index contributed by atoms with van der Waals surface area (Å²) >= 11 is 0. The largest absolute Gasteiger partial charge is 0.339 e. The molecule has 1 aliphatic carbocycles. The van der Waals surface area contributed by atoms with Crippen molar-refractivity contribution in [3.8, 4) is 0 Å². The molecule has 1 amide bonds. The van der Waals surface area contributed by atoms with Gasteiger partial charge in [-0.05, 0) is 44.6 Å². The van der Waals surface area contributed by atoms with Crippen molar-refractivity contribution in [2.75, 3.05) is 13.1 Å². The van der Waals surface area contributed by atoms with Crippen LogP contribution in [-0.4, -0.2) is 36.0 Å². The van der Waals surface area contributed by atoms with Crippen LogP contribution in [0.15, 0.2) is 0 Å². The van der Waals surface area contributed by atoms with Gasteiger partial charge in [-0.15, -0.1) is 0 Å². The van der Waals surface area contributed by atoms with Crippen LogP contribution in [0.5, 0.6) is 0 Å². The predicted molar refractivity (Wildman–Crippen MR) is 74.4 cm³/mol. The van der Waals surface area contributed by atoms with Crippen molar-refractivity contribution in [2.24, 2.45) is 5.92 Å². The first kappa shape index (κ1) is 13.9. The second kappa shape index (κ2) is 6.55. The highest BCUT2D eigenvalue weighted by Gasteiger charge is 2.36. The Morgan fingerprint density at radius 3 is 2.83 bits per heavy atom. The molecule has 1 N–H and O–H groups in total. The summed E-state index contributed by atoms with van der Waals surface area (Å²) in [5, 5.41) is 3.38. The fourth-order valence-corrected chi connectivity index (χ4v) is 3.54. The van der Waals surface area contributed by atoms with E-state index in [2.05, 4.69) is 24.1 Å². The number of nitrogens with one attached hydrogen (secondary N) is 1. The molecule has 18 heavy (non-hydrogen) atoms. The minimum absolute atomic E-state index is 0.400. The first-order valence-corrected chi connectivity index (χ1v) is 7.71. The fraction of sp³-hybridized carbons (Fsp3) is 0.933. The van der Waals surface area contributed by atoms with Gasteiger partial charge in [0, 0.05) is 25.0 Å². The average molecular weight is 252 g/mol. The topological polar surface area (TPSA) is 32.3 Å². The van der Waals surface area contributed by atoms with E-state index in [4.69, 9.17) is 0 Å². The SMILES string of the molecule is CC(C)NCCCC(=O)N1CCCC2CCCC21. The van der Waals surface area contributed by atoms with Crippen LogP contribution in [0.3, 0.4) is 0 Å². The lowest BCUT2D eigenvalue weighted by atomic mass is 9.91. The molecular formula is C15H28N2O. The average Bonchev–Trinajstić information content (AvgIpc) is 2.82.